The van der Waals surface area contributed by atoms with Gasteiger partial charge in [-0.25, -0.2) is 14.6 Å². The highest BCUT2D eigenvalue weighted by Crippen LogP contribution is 2.22. The van der Waals surface area contributed by atoms with Gasteiger partial charge in [0.25, 0.3) is 0 Å². The molecular weight excluding hydrogens is 372 g/mol. The van der Waals surface area contributed by atoms with Gasteiger partial charge in [0.15, 0.2) is 5.69 Å². The first-order chi connectivity index (χ1) is 13.7. The SMILES string of the molecule is COC(=O)c1c(COC(=O)c2ccc(C(C)(C)C)cc2)nc2ccccc2[n+]1[O-]. The Morgan fingerprint density at radius 1 is 1.03 bits per heavy atom. The highest BCUT2D eigenvalue weighted by molar-refractivity contribution is 5.90. The van der Waals surface area contributed by atoms with Crippen molar-refractivity contribution >= 4 is 23.0 Å². The van der Waals surface area contributed by atoms with Gasteiger partial charge in [-0.05, 0) is 29.2 Å². The zero-order valence-electron chi connectivity index (χ0n) is 16.8. The quantitative estimate of drug-likeness (QED) is 0.383. The average Bonchev–Trinajstić information content (AvgIpc) is 2.71. The van der Waals surface area contributed by atoms with Crippen molar-refractivity contribution in [3.8, 4) is 0 Å². The van der Waals surface area contributed by atoms with Crippen molar-refractivity contribution in [2.75, 3.05) is 7.11 Å². The molecule has 0 bridgehead atoms. The largest absolute Gasteiger partial charge is 0.618 e. The second kappa shape index (κ2) is 7.87. The van der Waals surface area contributed by atoms with Crippen molar-refractivity contribution in [2.24, 2.45) is 0 Å². The Bertz CT molecular complexity index is 1070. The standard InChI is InChI=1S/C22H22N2O5/c1-22(2,3)15-11-9-14(10-12-15)20(25)29-13-17-19(21(26)28-4)24(27)18-8-6-5-7-16(18)23-17/h5-12H,13H2,1-4H3. The first-order valence-electron chi connectivity index (χ1n) is 9.09. The van der Waals surface area contributed by atoms with Crippen LogP contribution in [-0.4, -0.2) is 24.0 Å². The number of carbonyl (C=O) groups is 2. The Labute approximate surface area is 168 Å². The third-order valence-corrected chi connectivity index (χ3v) is 4.54. The zero-order chi connectivity index (χ0) is 21.2. The van der Waals surface area contributed by atoms with Crippen LogP contribution in [0, 0.1) is 5.21 Å². The van der Waals surface area contributed by atoms with E-state index in [2.05, 4.69) is 25.8 Å². The lowest BCUT2D eigenvalue weighted by Gasteiger charge is -2.18. The molecule has 0 unspecified atom stereocenters. The van der Waals surface area contributed by atoms with Gasteiger partial charge in [-0.15, -0.1) is 0 Å². The van der Waals surface area contributed by atoms with E-state index < -0.39 is 11.9 Å². The van der Waals surface area contributed by atoms with E-state index in [1.165, 1.54) is 7.11 Å². The predicted molar refractivity (Wildman–Crippen MR) is 106 cm³/mol. The zero-order valence-corrected chi connectivity index (χ0v) is 16.8. The molecule has 1 heterocycles. The summed E-state index contributed by atoms with van der Waals surface area (Å²) in [6.45, 7) is 5.91. The molecule has 0 atom stereocenters. The van der Waals surface area contributed by atoms with E-state index in [1.807, 2.05) is 12.1 Å². The topological polar surface area (TPSA) is 92.4 Å². The maximum absolute atomic E-state index is 12.6. The molecule has 0 aliphatic heterocycles. The Hall–Kier alpha value is -3.48. The number of aromatic nitrogens is 2. The number of fused-ring (bicyclic) bond motifs is 1. The van der Waals surface area contributed by atoms with Crippen LogP contribution >= 0.6 is 0 Å². The number of nitrogens with zero attached hydrogens (tertiary/aromatic N) is 2. The minimum atomic E-state index is -0.848. The van der Waals surface area contributed by atoms with Gasteiger partial charge in [-0.2, -0.15) is 4.73 Å². The van der Waals surface area contributed by atoms with Crippen molar-refractivity contribution in [3.63, 3.8) is 0 Å². The molecule has 0 radical (unpaired) electrons. The van der Waals surface area contributed by atoms with Gasteiger partial charge in [-0.3, -0.25) is 0 Å². The van der Waals surface area contributed by atoms with E-state index in [0.717, 1.165) is 5.56 Å². The van der Waals surface area contributed by atoms with Crippen molar-refractivity contribution in [3.05, 3.63) is 76.3 Å². The van der Waals surface area contributed by atoms with Gasteiger partial charge in [0, 0.05) is 6.07 Å². The Kier molecular flexibility index (Phi) is 5.50. The van der Waals surface area contributed by atoms with Crippen LogP contribution < -0.4 is 4.73 Å². The normalized spacial score (nSPS) is 11.3. The smallest absolute Gasteiger partial charge is 0.406 e. The molecule has 0 saturated heterocycles. The predicted octanol–water partition coefficient (Wildman–Crippen LogP) is 3.31. The number of carbonyl (C=O) groups excluding carboxylic acids is 2. The summed E-state index contributed by atoms with van der Waals surface area (Å²) in [5.74, 6) is -1.42. The van der Waals surface area contributed by atoms with E-state index >= 15 is 0 Å². The maximum Gasteiger partial charge on any atom is 0.406 e. The number of rotatable bonds is 4. The number of esters is 2. The van der Waals surface area contributed by atoms with Crippen LogP contribution in [0.2, 0.25) is 0 Å². The van der Waals surface area contributed by atoms with Gasteiger partial charge in [-0.1, -0.05) is 45.0 Å². The molecular formula is C22H22N2O5. The number of ether oxygens (including phenoxy) is 2. The van der Waals surface area contributed by atoms with Crippen LogP contribution in [0.25, 0.3) is 11.0 Å². The lowest BCUT2D eigenvalue weighted by molar-refractivity contribution is -0.581. The van der Waals surface area contributed by atoms with Gasteiger partial charge in [0.05, 0.1) is 12.7 Å². The van der Waals surface area contributed by atoms with E-state index in [4.69, 9.17) is 9.47 Å². The second-order valence-electron chi connectivity index (χ2n) is 7.59. The van der Waals surface area contributed by atoms with Crippen molar-refractivity contribution in [1.82, 2.24) is 4.98 Å². The van der Waals surface area contributed by atoms with Crippen LogP contribution in [0.5, 0.6) is 0 Å². The summed E-state index contributed by atoms with van der Waals surface area (Å²) < 4.78 is 10.5. The molecule has 0 spiro atoms. The third-order valence-electron chi connectivity index (χ3n) is 4.54. The fraction of sp³-hybridized carbons (Fsp3) is 0.273. The van der Waals surface area contributed by atoms with E-state index in [1.54, 1.807) is 36.4 Å². The van der Waals surface area contributed by atoms with Crippen LogP contribution in [0.1, 0.15) is 52.9 Å². The molecule has 0 N–H and O–H groups in total. The third kappa shape index (κ3) is 4.18. The molecule has 29 heavy (non-hydrogen) atoms. The van der Waals surface area contributed by atoms with Crippen molar-refractivity contribution in [1.29, 1.82) is 0 Å². The van der Waals surface area contributed by atoms with Gasteiger partial charge >= 0.3 is 17.6 Å². The summed E-state index contributed by atoms with van der Waals surface area (Å²) in [5.41, 5.74) is 1.76. The number of hydrogen-bond donors (Lipinski definition) is 0. The van der Waals surface area contributed by atoms with E-state index in [9.17, 15) is 14.8 Å². The van der Waals surface area contributed by atoms with Crippen LogP contribution in [0.3, 0.4) is 0 Å². The van der Waals surface area contributed by atoms with E-state index in [-0.39, 0.29) is 28.9 Å². The number of hydrogen-bond acceptors (Lipinski definition) is 6. The molecule has 0 saturated carbocycles. The highest BCUT2D eigenvalue weighted by atomic mass is 16.5. The minimum absolute atomic E-state index is 0.0326. The molecule has 0 aliphatic rings. The fourth-order valence-corrected chi connectivity index (χ4v) is 2.89. The maximum atomic E-state index is 12.6. The molecule has 0 amide bonds. The number of para-hydroxylation sites is 2. The average molecular weight is 394 g/mol. The molecule has 7 nitrogen and oxygen atoms in total. The molecule has 1 aromatic heterocycles. The lowest BCUT2D eigenvalue weighted by Crippen LogP contribution is -2.38. The molecule has 7 heteroatoms. The van der Waals surface area contributed by atoms with Gasteiger partial charge in [0.1, 0.15) is 12.1 Å². The van der Waals surface area contributed by atoms with Gasteiger partial charge < -0.3 is 14.7 Å². The summed E-state index contributed by atoms with van der Waals surface area (Å²) in [4.78, 5) is 28.9. The molecule has 150 valence electrons. The number of methoxy groups -OCH3 is 1. The van der Waals surface area contributed by atoms with Crippen molar-refractivity contribution in [2.45, 2.75) is 32.8 Å². The monoisotopic (exact) mass is 394 g/mol. The summed E-state index contributed by atoms with van der Waals surface area (Å²) in [5, 5.41) is 12.6. The molecule has 3 aromatic rings. The summed E-state index contributed by atoms with van der Waals surface area (Å²) in [6, 6.07) is 13.7. The Balaban J connectivity index is 1.88. The van der Waals surface area contributed by atoms with Crippen LogP contribution in [-0.2, 0) is 21.5 Å². The molecule has 2 aromatic carbocycles. The van der Waals surface area contributed by atoms with Crippen LogP contribution in [0.15, 0.2) is 48.5 Å². The number of benzene rings is 2. The van der Waals surface area contributed by atoms with E-state index in [0.29, 0.717) is 15.8 Å². The summed E-state index contributed by atoms with van der Waals surface area (Å²) in [6.07, 6.45) is 0. The first-order valence-corrected chi connectivity index (χ1v) is 9.09. The molecule has 0 fully saturated rings. The highest BCUT2D eigenvalue weighted by Gasteiger charge is 2.28. The Morgan fingerprint density at radius 3 is 2.31 bits per heavy atom. The Morgan fingerprint density at radius 2 is 1.69 bits per heavy atom. The summed E-state index contributed by atoms with van der Waals surface area (Å²) >= 11 is 0. The first kappa shape index (κ1) is 20.3. The lowest BCUT2D eigenvalue weighted by atomic mass is 9.87. The van der Waals surface area contributed by atoms with Crippen LogP contribution in [0.4, 0.5) is 0 Å². The molecule has 3 rings (SSSR count). The fourth-order valence-electron chi connectivity index (χ4n) is 2.89. The second-order valence-corrected chi connectivity index (χ2v) is 7.59. The summed E-state index contributed by atoms with van der Waals surface area (Å²) in [7, 11) is 1.17. The van der Waals surface area contributed by atoms with Crippen molar-refractivity contribution < 1.29 is 23.8 Å². The molecule has 0 aliphatic carbocycles. The minimum Gasteiger partial charge on any atom is -0.618 e. The van der Waals surface area contributed by atoms with Gasteiger partial charge in [0.2, 0.25) is 5.52 Å².